The summed E-state index contributed by atoms with van der Waals surface area (Å²) >= 11 is 0. The Labute approximate surface area is 208 Å². The zero-order chi connectivity index (χ0) is 24.8. The monoisotopic (exact) mass is 460 g/mol. The van der Waals surface area contributed by atoms with Crippen LogP contribution in [0.15, 0.2) is 72.8 Å². The Morgan fingerprint density at radius 1 is 0.629 bits per heavy atom. The average molecular weight is 460 g/mol. The second kappa shape index (κ2) is 7.32. The first kappa shape index (κ1) is 22.6. The summed E-state index contributed by atoms with van der Waals surface area (Å²) in [5.74, 6) is 0. The molecule has 1 aliphatic rings. The van der Waals surface area contributed by atoms with Crippen LogP contribution in [0.4, 0.5) is 0 Å². The highest BCUT2D eigenvalue weighted by Gasteiger charge is 2.51. The molecule has 3 heteroatoms. The highest BCUT2D eigenvalue weighted by molar-refractivity contribution is 6.62. The van der Waals surface area contributed by atoms with Crippen LogP contribution in [-0.4, -0.2) is 18.3 Å². The van der Waals surface area contributed by atoms with Crippen molar-refractivity contribution in [1.82, 2.24) is 0 Å². The minimum Gasteiger partial charge on any atom is -0.399 e. The summed E-state index contributed by atoms with van der Waals surface area (Å²) in [4.78, 5) is 0. The van der Waals surface area contributed by atoms with E-state index in [2.05, 4.69) is 121 Å². The molecule has 5 aromatic carbocycles. The highest BCUT2D eigenvalue weighted by atomic mass is 16.7. The average Bonchev–Trinajstić information content (AvgIpc) is 3.03. The van der Waals surface area contributed by atoms with Gasteiger partial charge >= 0.3 is 7.12 Å². The minimum absolute atomic E-state index is 0.149. The van der Waals surface area contributed by atoms with Crippen LogP contribution in [-0.2, 0) is 14.7 Å². The molecule has 0 N–H and O–H groups in total. The molecule has 35 heavy (non-hydrogen) atoms. The van der Waals surface area contributed by atoms with Gasteiger partial charge in [0.1, 0.15) is 0 Å². The molecule has 0 bridgehead atoms. The lowest BCUT2D eigenvalue weighted by molar-refractivity contribution is 0.00578. The number of rotatable bonds is 2. The highest BCUT2D eigenvalue weighted by Crippen LogP contribution is 2.41. The van der Waals surface area contributed by atoms with Crippen LogP contribution in [0.2, 0.25) is 0 Å². The minimum atomic E-state index is -0.362. The van der Waals surface area contributed by atoms with Crippen molar-refractivity contribution >= 4 is 44.9 Å². The summed E-state index contributed by atoms with van der Waals surface area (Å²) in [7, 11) is -0.362. The third-order valence-electron chi connectivity index (χ3n) is 8.21. The first-order valence-corrected chi connectivity index (χ1v) is 12.6. The van der Waals surface area contributed by atoms with Crippen molar-refractivity contribution in [3.8, 4) is 11.1 Å². The molecule has 176 valence electrons. The van der Waals surface area contributed by atoms with Gasteiger partial charge in [-0.25, -0.2) is 0 Å². The number of hydrogen-bond donors (Lipinski definition) is 0. The third kappa shape index (κ3) is 3.48. The molecule has 0 aliphatic carbocycles. The van der Waals surface area contributed by atoms with Gasteiger partial charge in [-0.3, -0.25) is 0 Å². The van der Waals surface area contributed by atoms with Crippen molar-refractivity contribution in [2.24, 2.45) is 0 Å². The smallest absolute Gasteiger partial charge is 0.399 e. The molecule has 2 nitrogen and oxygen atoms in total. The zero-order valence-corrected chi connectivity index (χ0v) is 21.8. The third-order valence-corrected chi connectivity index (χ3v) is 8.21. The standard InChI is InChI=1S/C32H33BO2/c1-30(2,3)24-14-10-20(11-15-24)26-16-12-21-8-9-22-18-25(33-34-31(4,5)32(6,7)35-33)19-23-13-17-27(26)29(21)28(22)23/h8-19H,1-7H3. The largest absolute Gasteiger partial charge is 0.494 e. The van der Waals surface area contributed by atoms with E-state index >= 15 is 0 Å². The summed E-state index contributed by atoms with van der Waals surface area (Å²) < 4.78 is 12.7. The molecule has 0 saturated carbocycles. The maximum Gasteiger partial charge on any atom is 0.494 e. The van der Waals surface area contributed by atoms with Gasteiger partial charge in [-0.05, 0) is 87.6 Å². The molecular weight excluding hydrogens is 427 g/mol. The molecule has 5 aromatic rings. The van der Waals surface area contributed by atoms with E-state index in [0.717, 1.165) is 5.46 Å². The Morgan fingerprint density at radius 3 is 1.77 bits per heavy atom. The van der Waals surface area contributed by atoms with Gasteiger partial charge in [0.2, 0.25) is 0 Å². The van der Waals surface area contributed by atoms with Crippen LogP contribution < -0.4 is 5.46 Å². The predicted molar refractivity (Wildman–Crippen MR) is 150 cm³/mol. The molecule has 0 spiro atoms. The van der Waals surface area contributed by atoms with Gasteiger partial charge < -0.3 is 9.31 Å². The summed E-state index contributed by atoms with van der Waals surface area (Å²) in [6.45, 7) is 15.2. The van der Waals surface area contributed by atoms with Crippen LogP contribution in [0.25, 0.3) is 43.4 Å². The maximum atomic E-state index is 6.37. The van der Waals surface area contributed by atoms with E-state index < -0.39 is 0 Å². The normalized spacial score (nSPS) is 17.7. The molecule has 0 atom stereocenters. The van der Waals surface area contributed by atoms with Crippen molar-refractivity contribution in [2.75, 3.05) is 0 Å². The molecule has 1 aliphatic heterocycles. The second-order valence-electron chi connectivity index (χ2n) is 12.1. The molecule has 6 rings (SSSR count). The van der Waals surface area contributed by atoms with Crippen molar-refractivity contribution < 1.29 is 9.31 Å². The maximum absolute atomic E-state index is 6.37. The first-order valence-electron chi connectivity index (χ1n) is 12.6. The van der Waals surface area contributed by atoms with Gasteiger partial charge in [-0.2, -0.15) is 0 Å². The van der Waals surface area contributed by atoms with Crippen molar-refractivity contribution in [2.45, 2.75) is 65.1 Å². The fourth-order valence-electron chi connectivity index (χ4n) is 5.36. The van der Waals surface area contributed by atoms with E-state index in [-0.39, 0.29) is 23.7 Å². The number of benzene rings is 5. The Morgan fingerprint density at radius 2 is 1.17 bits per heavy atom. The molecule has 0 amide bonds. The topological polar surface area (TPSA) is 18.5 Å². The lowest BCUT2D eigenvalue weighted by Crippen LogP contribution is -2.41. The van der Waals surface area contributed by atoms with Crippen molar-refractivity contribution in [3.63, 3.8) is 0 Å². The Kier molecular flexibility index (Phi) is 4.72. The predicted octanol–water partition coefficient (Wildman–Crippen LogP) is 7.85. The second-order valence-corrected chi connectivity index (χ2v) is 12.1. The van der Waals surface area contributed by atoms with E-state index in [1.54, 1.807) is 0 Å². The van der Waals surface area contributed by atoms with Gasteiger partial charge in [0.05, 0.1) is 11.2 Å². The summed E-state index contributed by atoms with van der Waals surface area (Å²) in [5, 5.41) is 7.67. The van der Waals surface area contributed by atoms with E-state index in [0.29, 0.717) is 0 Å². The first-order chi connectivity index (χ1) is 16.4. The molecule has 1 heterocycles. The van der Waals surface area contributed by atoms with E-state index in [9.17, 15) is 0 Å². The van der Waals surface area contributed by atoms with E-state index in [4.69, 9.17) is 9.31 Å². The molecular formula is C32H33BO2. The molecule has 0 radical (unpaired) electrons. The SMILES string of the molecule is CC(C)(C)c1ccc(-c2ccc3ccc4cc(B5OC(C)(C)C(C)(C)O5)cc5ccc2c3c45)cc1. The van der Waals surface area contributed by atoms with E-state index in [1.165, 1.54) is 49.0 Å². The van der Waals surface area contributed by atoms with Gasteiger partial charge in [0.25, 0.3) is 0 Å². The van der Waals surface area contributed by atoms with Crippen molar-refractivity contribution in [1.29, 1.82) is 0 Å². The molecule has 1 fully saturated rings. The van der Waals surface area contributed by atoms with Crippen LogP contribution in [0, 0.1) is 0 Å². The molecule has 0 aromatic heterocycles. The van der Waals surface area contributed by atoms with Crippen LogP contribution in [0.5, 0.6) is 0 Å². The van der Waals surface area contributed by atoms with Crippen LogP contribution in [0.1, 0.15) is 54.0 Å². The van der Waals surface area contributed by atoms with Gasteiger partial charge in [-0.15, -0.1) is 0 Å². The molecule has 1 saturated heterocycles. The Bertz CT molecular complexity index is 1540. The summed E-state index contributed by atoms with van der Waals surface area (Å²) in [6, 6.07) is 27.1. The number of hydrogen-bond acceptors (Lipinski definition) is 2. The lowest BCUT2D eigenvalue weighted by Gasteiger charge is -2.32. The summed E-state index contributed by atoms with van der Waals surface area (Å²) in [5.41, 5.74) is 4.41. The van der Waals surface area contributed by atoms with Gasteiger partial charge in [-0.1, -0.05) is 93.6 Å². The van der Waals surface area contributed by atoms with Crippen molar-refractivity contribution in [3.05, 3.63) is 78.4 Å². The lowest BCUT2D eigenvalue weighted by atomic mass is 9.76. The Hall–Kier alpha value is -2.88. The van der Waals surface area contributed by atoms with Gasteiger partial charge in [0.15, 0.2) is 0 Å². The molecule has 0 unspecified atom stereocenters. The Balaban J connectivity index is 1.51. The quantitative estimate of drug-likeness (QED) is 0.197. The summed E-state index contributed by atoms with van der Waals surface area (Å²) in [6.07, 6.45) is 0. The zero-order valence-electron chi connectivity index (χ0n) is 21.8. The van der Waals surface area contributed by atoms with Crippen LogP contribution in [0.3, 0.4) is 0 Å². The van der Waals surface area contributed by atoms with E-state index in [1.807, 2.05) is 0 Å². The fraction of sp³-hybridized carbons (Fsp3) is 0.312. The fourth-order valence-corrected chi connectivity index (χ4v) is 5.36. The van der Waals surface area contributed by atoms with Crippen LogP contribution >= 0.6 is 0 Å². The van der Waals surface area contributed by atoms with Gasteiger partial charge in [0, 0.05) is 0 Å².